The third-order valence-corrected chi connectivity index (χ3v) is 17.0. The summed E-state index contributed by atoms with van der Waals surface area (Å²) in [4.78, 5) is 82.4. The minimum absolute atomic E-state index is 0.0459. The maximum Gasteiger partial charge on any atom is 0.343 e. The summed E-state index contributed by atoms with van der Waals surface area (Å²) in [6.07, 6.45) is 5.39. The molecule has 2 unspecified atom stereocenters. The van der Waals surface area contributed by atoms with Gasteiger partial charge in [-0.2, -0.15) is 8.42 Å². The van der Waals surface area contributed by atoms with E-state index in [-0.39, 0.29) is 31.2 Å². The van der Waals surface area contributed by atoms with Crippen molar-refractivity contribution in [3.05, 3.63) is 135 Å². The van der Waals surface area contributed by atoms with Crippen LogP contribution in [0.2, 0.25) is 0 Å². The van der Waals surface area contributed by atoms with Crippen LogP contribution in [0.4, 0.5) is 5.69 Å². The smallest absolute Gasteiger partial charge is 0.343 e. The van der Waals surface area contributed by atoms with Crippen molar-refractivity contribution < 1.29 is 46.5 Å². The molecule has 3 aromatic carbocycles. The first kappa shape index (κ1) is 53.1. The lowest BCUT2D eigenvalue weighted by Crippen LogP contribution is -2.55. The minimum Gasteiger partial charge on any atom is -0.358 e. The van der Waals surface area contributed by atoms with E-state index >= 15 is 0 Å². The number of amides is 3. The van der Waals surface area contributed by atoms with Crippen LogP contribution in [0.3, 0.4) is 0 Å². The van der Waals surface area contributed by atoms with Crippen LogP contribution < -0.4 is 20.9 Å². The van der Waals surface area contributed by atoms with Gasteiger partial charge in [-0.3, -0.25) is 33.3 Å². The number of carbonyl (C=O) groups is 4. The summed E-state index contributed by atoms with van der Waals surface area (Å²) >= 11 is 3.01. The number of Topliss-reactive ketones (excluding diaryl/α,β-unsaturated/α-hetero) is 1. The molecule has 16 nitrogen and oxygen atoms in total. The number of fused-ring (bicyclic) bond motifs is 1. The number of aryl methyl sites for hydroxylation is 1. The minimum atomic E-state index is -4.75. The molecule has 0 spiro atoms. The van der Waals surface area contributed by atoms with Gasteiger partial charge in [0.1, 0.15) is 22.4 Å². The number of hydrogen-bond acceptors (Lipinski definition) is 10. The number of nitrogens with one attached hydrogen (secondary N) is 3. The highest BCUT2D eigenvalue weighted by molar-refractivity contribution is 9.10. The Morgan fingerprint density at radius 3 is 2.32 bits per heavy atom. The molecule has 1 aliphatic carbocycles. The first-order valence-electron chi connectivity index (χ1n) is 22.8. The number of likely N-dealkylation sites (tertiary alicyclic amines) is 1. The van der Waals surface area contributed by atoms with E-state index in [1.54, 1.807) is 37.4 Å². The van der Waals surface area contributed by atoms with Gasteiger partial charge in [-0.25, -0.2) is 0 Å². The predicted molar refractivity (Wildman–Crippen MR) is 271 cm³/mol. The summed E-state index contributed by atoms with van der Waals surface area (Å²) in [5.41, 5.74) is 7.13. The Labute approximate surface area is 412 Å². The zero-order valence-corrected chi connectivity index (χ0v) is 43.3. The van der Waals surface area contributed by atoms with Crippen molar-refractivity contribution in [1.82, 2.24) is 20.9 Å². The molecule has 0 saturated carbocycles. The van der Waals surface area contributed by atoms with Crippen LogP contribution in [0.25, 0.3) is 0 Å². The Balaban J connectivity index is 1.18. The number of nitrogens with zero attached hydrogens (tertiary/aromatic N) is 3. The quantitative estimate of drug-likeness (QED) is 0.0190. The molecular weight excluding hydrogens is 988 g/mol. The summed E-state index contributed by atoms with van der Waals surface area (Å²) in [6.45, 7) is 10.9. The van der Waals surface area contributed by atoms with Crippen LogP contribution in [0, 0.1) is 6.92 Å². The number of anilines is 1. The van der Waals surface area contributed by atoms with Crippen LogP contribution >= 0.6 is 23.5 Å². The van der Waals surface area contributed by atoms with E-state index in [2.05, 4.69) is 61.7 Å². The highest BCUT2D eigenvalue weighted by atomic mass is 79.9. The van der Waals surface area contributed by atoms with Crippen molar-refractivity contribution in [2.45, 2.75) is 101 Å². The molecule has 19 heteroatoms. The first-order chi connectivity index (χ1) is 32.4. The molecule has 0 radical (unpaired) electrons. The van der Waals surface area contributed by atoms with E-state index in [0.29, 0.717) is 60.3 Å². The van der Waals surface area contributed by atoms with Crippen LogP contribution in [0.15, 0.2) is 112 Å². The molecule has 3 atom stereocenters. The highest BCUT2D eigenvalue weighted by Crippen LogP contribution is 2.55. The second-order valence-electron chi connectivity index (χ2n) is 18.8. The van der Waals surface area contributed by atoms with E-state index in [1.807, 2.05) is 81.3 Å². The van der Waals surface area contributed by atoms with Crippen molar-refractivity contribution in [1.29, 1.82) is 0 Å². The van der Waals surface area contributed by atoms with Gasteiger partial charge in [0, 0.05) is 79.2 Å². The van der Waals surface area contributed by atoms with E-state index in [1.165, 1.54) is 0 Å². The van der Waals surface area contributed by atoms with Gasteiger partial charge < -0.3 is 35.5 Å². The van der Waals surface area contributed by atoms with E-state index in [0.717, 1.165) is 33.6 Å². The average Bonchev–Trinajstić information content (AvgIpc) is 3.84. The van der Waals surface area contributed by atoms with Crippen LogP contribution in [-0.4, -0.2) is 102 Å². The van der Waals surface area contributed by atoms with Gasteiger partial charge in [0.2, 0.25) is 17.7 Å². The van der Waals surface area contributed by atoms with Gasteiger partial charge >= 0.3 is 7.60 Å². The Hall–Kier alpha value is -5.23. The van der Waals surface area contributed by atoms with Crippen molar-refractivity contribution in [2.75, 3.05) is 37.8 Å². The van der Waals surface area contributed by atoms with Crippen molar-refractivity contribution in [3.8, 4) is 0 Å². The molecule has 2 heterocycles. The topological polar surface area (TPSA) is 235 Å². The number of aliphatic imine (C=N–C) groups is 1. The summed E-state index contributed by atoms with van der Waals surface area (Å²) in [5.74, 6) is -3.04. The molecule has 3 amide bonds. The molecule has 0 bridgehead atoms. The standard InChI is InChI=1S/C50H62BrN6O10PS/c1-31-15-8-9-16-36(31)49(2,3)41(52-6)27-34-44(35(45(34)59)28-42-50(4,5)37-17-10-11-18-39(37)56(42)7)57-26-14-19-40(57)48(61)55-38(30-69(65,66)67)47(60)53-25-13-12-20-43(58)54-29-32-21-23-33(24-22-32)46(51)68(62,63)64/h8-11,15-18,21-24,27-28,38,40,46H,12-14,19-20,25-26,29-30H2,1-7H3,(H,53,60)(H,54,58)(H,55,61)(H2,62,63,64)(H,65,66,67)/b34-27-,42-28+,52-41+/t38?,40-,46?/m1/s1. The number of ketones is 1. The monoisotopic (exact) mass is 1050 g/mol. The summed E-state index contributed by atoms with van der Waals surface area (Å²) in [5, 5.41) is 8.00. The SMILES string of the molecule is C/N=C(\C=C1/C(=O)C(/C=C2/N(C)c3ccccc3C2(C)C)=C1N1CCC[C@@H]1C(=O)NC(CS(=O)(=O)O)C(=O)NCCCCC(=O)NCc1ccc(C(Br)P(=O)(O)O)cc1)C(C)(C)c1ccccc1C. The molecule has 0 aromatic heterocycles. The van der Waals surface area contributed by atoms with Crippen LogP contribution in [-0.2, 0) is 51.2 Å². The fraction of sp³-hybridized carbons (Fsp3) is 0.420. The normalized spacial score (nSPS) is 19.4. The van der Waals surface area contributed by atoms with Gasteiger partial charge in [0.05, 0.1) is 5.70 Å². The molecule has 69 heavy (non-hydrogen) atoms. The molecule has 6 N–H and O–H groups in total. The molecule has 6 rings (SSSR count). The lowest BCUT2D eigenvalue weighted by atomic mass is 9.74. The number of alkyl halides is 1. The Bertz CT molecular complexity index is 2780. The lowest BCUT2D eigenvalue weighted by Gasteiger charge is -2.38. The molecule has 3 aliphatic rings. The predicted octanol–water partition coefficient (Wildman–Crippen LogP) is 6.43. The largest absolute Gasteiger partial charge is 0.358 e. The van der Waals surface area contributed by atoms with Crippen molar-refractivity contribution in [3.63, 3.8) is 0 Å². The number of benzene rings is 3. The molecule has 370 valence electrons. The number of rotatable bonds is 19. The van der Waals surface area contributed by atoms with E-state index in [9.17, 15) is 46.5 Å². The van der Waals surface area contributed by atoms with Gasteiger partial charge in [0.15, 0.2) is 5.78 Å². The Morgan fingerprint density at radius 1 is 1.01 bits per heavy atom. The van der Waals surface area contributed by atoms with Gasteiger partial charge in [-0.1, -0.05) is 110 Å². The first-order valence-corrected chi connectivity index (χ1v) is 27.0. The Morgan fingerprint density at radius 2 is 1.68 bits per heavy atom. The lowest BCUT2D eigenvalue weighted by molar-refractivity contribution is -0.130. The zero-order valence-electron chi connectivity index (χ0n) is 40.0. The molecule has 1 fully saturated rings. The molecule has 3 aromatic rings. The fourth-order valence-electron chi connectivity index (χ4n) is 9.48. The maximum absolute atomic E-state index is 14.6. The van der Waals surface area contributed by atoms with Crippen molar-refractivity contribution >= 4 is 68.5 Å². The highest BCUT2D eigenvalue weighted by Gasteiger charge is 2.46. The molecular formula is C50H62BrN6O10PS. The second kappa shape index (κ2) is 21.4. The Kier molecular flexibility index (Phi) is 16.5. The third kappa shape index (κ3) is 12.0. The second-order valence-corrected chi connectivity index (χ2v) is 23.6. The maximum atomic E-state index is 14.6. The van der Waals surface area contributed by atoms with Gasteiger partial charge in [-0.15, -0.1) is 0 Å². The number of allylic oxidation sites excluding steroid dienone is 5. The summed E-state index contributed by atoms with van der Waals surface area (Å²) in [7, 11) is -5.48. The van der Waals surface area contributed by atoms with E-state index < -0.39 is 62.8 Å². The third-order valence-electron chi connectivity index (χ3n) is 13.2. The van der Waals surface area contributed by atoms with Crippen LogP contribution in [0.5, 0.6) is 0 Å². The molecule has 1 saturated heterocycles. The zero-order chi connectivity index (χ0) is 50.6. The summed E-state index contributed by atoms with van der Waals surface area (Å²) in [6, 6.07) is 19.9. The number of likely N-dealkylation sites (N-methyl/N-ethyl adjacent to an activating group) is 1. The summed E-state index contributed by atoms with van der Waals surface area (Å²) < 4.78 is 44.7. The van der Waals surface area contributed by atoms with Gasteiger partial charge in [-0.05, 0) is 78.6 Å². The number of para-hydroxylation sites is 1. The fourth-order valence-corrected chi connectivity index (χ4v) is 11.0. The number of halogens is 1. The molecule has 2 aliphatic heterocycles. The van der Waals surface area contributed by atoms with Gasteiger partial charge in [0.25, 0.3) is 10.1 Å². The average molecular weight is 1050 g/mol. The van der Waals surface area contributed by atoms with Crippen molar-refractivity contribution in [2.24, 2.45) is 4.99 Å². The number of hydrogen-bond donors (Lipinski definition) is 6. The number of carbonyl (C=O) groups excluding carboxylic acids is 4. The van der Waals surface area contributed by atoms with Crippen LogP contribution in [0.1, 0.15) is 92.2 Å². The van der Waals surface area contributed by atoms with E-state index in [4.69, 9.17) is 0 Å². The number of unbranched alkanes of at least 4 members (excludes halogenated alkanes) is 1.